The summed E-state index contributed by atoms with van der Waals surface area (Å²) in [5, 5.41) is 5.81. The number of benzene rings is 1. The highest BCUT2D eigenvalue weighted by atomic mass is 35.5. The second kappa shape index (κ2) is 6.63. The minimum atomic E-state index is 0.0668. The Hall–Kier alpha value is -1.32. The van der Waals surface area contributed by atoms with Crippen molar-refractivity contribution in [1.82, 2.24) is 9.78 Å². The van der Waals surface area contributed by atoms with Gasteiger partial charge in [-0.1, -0.05) is 43.1 Å². The summed E-state index contributed by atoms with van der Waals surface area (Å²) in [7, 11) is 0. The van der Waals surface area contributed by atoms with Crippen molar-refractivity contribution in [2.45, 2.75) is 40.2 Å². The highest BCUT2D eigenvalue weighted by molar-refractivity contribution is 6.35. The molecule has 21 heavy (non-hydrogen) atoms. The van der Waals surface area contributed by atoms with Gasteiger partial charge in [-0.3, -0.25) is 9.48 Å². The zero-order chi connectivity index (χ0) is 15.6. The first kappa shape index (κ1) is 16.1. The molecule has 0 bridgehead atoms. The van der Waals surface area contributed by atoms with Crippen molar-refractivity contribution in [2.24, 2.45) is 0 Å². The van der Waals surface area contributed by atoms with Crippen LogP contribution in [0.2, 0.25) is 10.0 Å². The SMILES string of the molecule is CCc1nn(Cc2ccc(Cl)cc2Cl)c(CC)c1C(C)=O. The Balaban J connectivity index is 2.46. The molecule has 112 valence electrons. The van der Waals surface area contributed by atoms with Crippen molar-refractivity contribution < 1.29 is 4.79 Å². The molecule has 0 unspecified atom stereocenters. The molecule has 0 N–H and O–H groups in total. The van der Waals surface area contributed by atoms with E-state index in [2.05, 4.69) is 5.10 Å². The van der Waals surface area contributed by atoms with Crippen LogP contribution in [0.5, 0.6) is 0 Å². The normalized spacial score (nSPS) is 10.9. The predicted molar refractivity (Wildman–Crippen MR) is 86.6 cm³/mol. The van der Waals surface area contributed by atoms with Gasteiger partial charge in [0.15, 0.2) is 5.78 Å². The van der Waals surface area contributed by atoms with Crippen LogP contribution in [0.15, 0.2) is 18.2 Å². The first-order valence-corrected chi connectivity index (χ1v) is 7.76. The fourth-order valence-electron chi connectivity index (χ4n) is 2.51. The zero-order valence-corrected chi connectivity index (χ0v) is 13.9. The number of Topliss-reactive ketones (excluding diaryl/α,β-unsaturated/α-hetero) is 1. The summed E-state index contributed by atoms with van der Waals surface area (Å²) < 4.78 is 1.88. The second-order valence-electron chi connectivity index (χ2n) is 4.93. The molecule has 0 radical (unpaired) electrons. The second-order valence-corrected chi connectivity index (χ2v) is 5.77. The summed E-state index contributed by atoms with van der Waals surface area (Å²) in [6.45, 7) is 6.17. The number of nitrogens with zero attached hydrogens (tertiary/aromatic N) is 2. The molecular weight excluding hydrogens is 307 g/mol. The molecule has 0 saturated carbocycles. The predicted octanol–water partition coefficient (Wildman–Crippen LogP) is 4.57. The molecule has 0 fully saturated rings. The third-order valence-electron chi connectivity index (χ3n) is 3.49. The third-order valence-corrected chi connectivity index (χ3v) is 4.07. The van der Waals surface area contributed by atoms with Crippen LogP contribution in [0.3, 0.4) is 0 Å². The minimum absolute atomic E-state index is 0.0668. The number of carbonyl (C=O) groups is 1. The monoisotopic (exact) mass is 324 g/mol. The molecule has 1 aromatic heterocycles. The van der Waals surface area contributed by atoms with E-state index in [4.69, 9.17) is 23.2 Å². The quantitative estimate of drug-likeness (QED) is 0.755. The lowest BCUT2D eigenvalue weighted by Crippen LogP contribution is -2.08. The van der Waals surface area contributed by atoms with Crippen LogP contribution in [0.4, 0.5) is 0 Å². The van der Waals surface area contributed by atoms with E-state index in [1.165, 1.54) is 0 Å². The Morgan fingerprint density at radius 3 is 2.48 bits per heavy atom. The van der Waals surface area contributed by atoms with E-state index < -0.39 is 0 Å². The van der Waals surface area contributed by atoms with Crippen LogP contribution in [0.25, 0.3) is 0 Å². The number of ketones is 1. The zero-order valence-electron chi connectivity index (χ0n) is 12.4. The van der Waals surface area contributed by atoms with Crippen LogP contribution >= 0.6 is 23.2 Å². The average molecular weight is 325 g/mol. The van der Waals surface area contributed by atoms with E-state index in [1.807, 2.05) is 30.7 Å². The van der Waals surface area contributed by atoms with Gasteiger partial charge in [-0.25, -0.2) is 0 Å². The molecule has 0 atom stereocenters. The summed E-state index contributed by atoms with van der Waals surface area (Å²) in [5.41, 5.74) is 3.51. The minimum Gasteiger partial charge on any atom is -0.294 e. The fourth-order valence-corrected chi connectivity index (χ4v) is 2.98. The Labute approximate surface area is 134 Å². The van der Waals surface area contributed by atoms with Crippen LogP contribution in [0, 0.1) is 0 Å². The van der Waals surface area contributed by atoms with Gasteiger partial charge in [-0.2, -0.15) is 5.10 Å². The molecule has 0 aliphatic heterocycles. The highest BCUT2D eigenvalue weighted by Gasteiger charge is 2.19. The smallest absolute Gasteiger partial charge is 0.163 e. The van der Waals surface area contributed by atoms with Crippen LogP contribution < -0.4 is 0 Å². The number of aromatic nitrogens is 2. The summed E-state index contributed by atoms with van der Waals surface area (Å²) in [6, 6.07) is 5.43. The van der Waals surface area contributed by atoms with E-state index in [-0.39, 0.29) is 5.78 Å². The van der Waals surface area contributed by atoms with Gasteiger partial charge in [-0.05, 0) is 37.5 Å². The highest BCUT2D eigenvalue weighted by Crippen LogP contribution is 2.24. The van der Waals surface area contributed by atoms with Gasteiger partial charge in [0, 0.05) is 15.7 Å². The lowest BCUT2D eigenvalue weighted by molar-refractivity contribution is 0.101. The van der Waals surface area contributed by atoms with Crippen molar-refractivity contribution in [3.63, 3.8) is 0 Å². The molecular formula is C16H18Cl2N2O. The standard InChI is InChI=1S/C16H18Cl2N2O/c1-4-14-16(10(3)21)15(5-2)20(19-14)9-11-6-7-12(17)8-13(11)18/h6-8H,4-5,9H2,1-3H3. The largest absolute Gasteiger partial charge is 0.294 e. The van der Waals surface area contributed by atoms with Crippen molar-refractivity contribution in [3.8, 4) is 0 Å². The van der Waals surface area contributed by atoms with Crippen molar-refractivity contribution in [1.29, 1.82) is 0 Å². The molecule has 2 rings (SSSR count). The van der Waals surface area contributed by atoms with Gasteiger partial charge in [0.25, 0.3) is 0 Å². The molecule has 0 aliphatic carbocycles. The summed E-state index contributed by atoms with van der Waals surface area (Å²) in [5.74, 6) is 0.0668. The fraction of sp³-hybridized carbons (Fsp3) is 0.375. The molecule has 1 heterocycles. The first-order valence-electron chi connectivity index (χ1n) is 7.01. The Morgan fingerprint density at radius 1 is 1.24 bits per heavy atom. The van der Waals surface area contributed by atoms with Crippen LogP contribution in [0.1, 0.15) is 48.1 Å². The summed E-state index contributed by atoms with van der Waals surface area (Å²) in [6.07, 6.45) is 1.50. The van der Waals surface area contributed by atoms with Crippen LogP contribution in [-0.2, 0) is 19.4 Å². The van der Waals surface area contributed by atoms with Gasteiger partial charge in [0.1, 0.15) is 0 Å². The lowest BCUT2D eigenvalue weighted by atomic mass is 10.1. The van der Waals surface area contributed by atoms with Gasteiger partial charge in [0.05, 0.1) is 17.8 Å². The van der Waals surface area contributed by atoms with E-state index >= 15 is 0 Å². The molecule has 0 saturated heterocycles. The molecule has 0 amide bonds. The lowest BCUT2D eigenvalue weighted by Gasteiger charge is -2.09. The Morgan fingerprint density at radius 2 is 1.95 bits per heavy atom. The maximum absolute atomic E-state index is 11.9. The van der Waals surface area contributed by atoms with Gasteiger partial charge < -0.3 is 0 Å². The van der Waals surface area contributed by atoms with E-state index in [0.717, 1.165) is 35.4 Å². The van der Waals surface area contributed by atoms with Crippen molar-refractivity contribution >= 4 is 29.0 Å². The third kappa shape index (κ3) is 3.30. The summed E-state index contributed by atoms with van der Waals surface area (Å²) in [4.78, 5) is 11.9. The van der Waals surface area contributed by atoms with Gasteiger partial charge in [0.2, 0.25) is 0 Å². The Kier molecular flexibility index (Phi) is 5.07. The maximum atomic E-state index is 11.9. The number of halogens is 2. The molecule has 5 heteroatoms. The molecule has 0 spiro atoms. The van der Waals surface area contributed by atoms with Crippen molar-refractivity contribution in [3.05, 3.63) is 50.8 Å². The summed E-state index contributed by atoms with van der Waals surface area (Å²) >= 11 is 12.1. The van der Waals surface area contributed by atoms with E-state index in [9.17, 15) is 4.79 Å². The van der Waals surface area contributed by atoms with E-state index in [0.29, 0.717) is 16.6 Å². The van der Waals surface area contributed by atoms with Crippen molar-refractivity contribution in [2.75, 3.05) is 0 Å². The topological polar surface area (TPSA) is 34.9 Å². The van der Waals surface area contributed by atoms with E-state index in [1.54, 1.807) is 13.0 Å². The number of hydrogen-bond donors (Lipinski definition) is 0. The molecule has 3 nitrogen and oxygen atoms in total. The maximum Gasteiger partial charge on any atom is 0.163 e. The molecule has 0 aliphatic rings. The van der Waals surface area contributed by atoms with Gasteiger partial charge >= 0.3 is 0 Å². The number of hydrogen-bond acceptors (Lipinski definition) is 2. The Bertz CT molecular complexity index is 677. The first-order chi connectivity index (χ1) is 9.97. The molecule has 2 aromatic rings. The average Bonchev–Trinajstić information content (AvgIpc) is 2.79. The number of aryl methyl sites for hydroxylation is 1. The van der Waals surface area contributed by atoms with Gasteiger partial charge in [-0.15, -0.1) is 0 Å². The number of carbonyl (C=O) groups excluding carboxylic acids is 1. The molecule has 1 aromatic carbocycles. The van der Waals surface area contributed by atoms with Crippen LogP contribution in [-0.4, -0.2) is 15.6 Å². The number of rotatable bonds is 5.